The predicted octanol–water partition coefficient (Wildman–Crippen LogP) is 3.31. The highest BCUT2D eigenvalue weighted by Crippen LogP contribution is 2.42. The molecule has 0 radical (unpaired) electrons. The highest BCUT2D eigenvalue weighted by Gasteiger charge is 2.38. The first-order valence-electron chi connectivity index (χ1n) is 8.29. The van der Waals surface area contributed by atoms with E-state index in [-0.39, 0.29) is 24.9 Å². The van der Waals surface area contributed by atoms with Crippen LogP contribution in [-0.2, 0) is 30.6 Å². The first-order valence-corrected chi connectivity index (χ1v) is 8.67. The summed E-state index contributed by atoms with van der Waals surface area (Å²) in [4.78, 5) is 13.9. The molecule has 2 aromatic rings. The fraction of sp³-hybridized carbons (Fsp3) is 0.562. The normalized spacial score (nSPS) is 14.7. The number of hydrogen-bond acceptors (Lipinski definition) is 3. The lowest BCUT2D eigenvalue weighted by molar-refractivity contribution is -0.142. The summed E-state index contributed by atoms with van der Waals surface area (Å²) in [5.41, 5.74) is 0.0511. The lowest BCUT2D eigenvalue weighted by Gasteiger charge is -2.17. The van der Waals surface area contributed by atoms with Gasteiger partial charge in [0.2, 0.25) is 5.91 Å². The SMILES string of the molecule is CCn1cc(Cl)c(CN(C)C(=O)Cn2nc(C(F)(F)F)cc2C2CC2)n1. The Balaban J connectivity index is 1.72. The molecule has 0 aliphatic heterocycles. The fourth-order valence-corrected chi connectivity index (χ4v) is 2.88. The van der Waals surface area contributed by atoms with Gasteiger partial charge in [0, 0.05) is 31.4 Å². The lowest BCUT2D eigenvalue weighted by atomic mass is 10.2. The van der Waals surface area contributed by atoms with E-state index < -0.39 is 11.9 Å². The van der Waals surface area contributed by atoms with Crippen LogP contribution in [0, 0.1) is 0 Å². The second kappa shape index (κ2) is 6.94. The third-order valence-corrected chi connectivity index (χ3v) is 4.62. The van der Waals surface area contributed by atoms with Crippen LogP contribution >= 0.6 is 11.6 Å². The van der Waals surface area contributed by atoms with E-state index in [1.165, 1.54) is 9.58 Å². The second-order valence-electron chi connectivity index (χ2n) is 6.41. The summed E-state index contributed by atoms with van der Waals surface area (Å²) >= 11 is 6.10. The Bertz CT molecular complexity index is 809. The van der Waals surface area contributed by atoms with E-state index in [2.05, 4.69) is 10.2 Å². The summed E-state index contributed by atoms with van der Waals surface area (Å²) in [5, 5.41) is 8.32. The van der Waals surface area contributed by atoms with Gasteiger partial charge in [0.05, 0.1) is 11.6 Å². The van der Waals surface area contributed by atoms with Crippen molar-refractivity contribution in [2.45, 2.75) is 51.5 Å². The van der Waals surface area contributed by atoms with Crippen molar-refractivity contribution >= 4 is 17.5 Å². The standard InChI is InChI=1S/C16H19ClF3N5O/c1-3-24-7-11(17)12(21-24)8-23(2)15(26)9-25-13(10-4-5-10)6-14(22-25)16(18,19)20/h6-7,10H,3-5,8-9H2,1-2H3. The maximum Gasteiger partial charge on any atom is 0.435 e. The molecule has 0 unspecified atom stereocenters. The van der Waals surface area contributed by atoms with Crippen LogP contribution in [0.1, 0.15) is 42.8 Å². The third kappa shape index (κ3) is 4.03. The van der Waals surface area contributed by atoms with Gasteiger partial charge in [-0.15, -0.1) is 0 Å². The molecule has 1 amide bonds. The maximum atomic E-state index is 12.9. The summed E-state index contributed by atoms with van der Waals surface area (Å²) in [6.45, 7) is 2.49. The molecular formula is C16H19ClF3N5O. The number of amides is 1. The van der Waals surface area contributed by atoms with Crippen LogP contribution in [0.5, 0.6) is 0 Å². The predicted molar refractivity (Wildman–Crippen MR) is 88.6 cm³/mol. The van der Waals surface area contributed by atoms with E-state index in [4.69, 9.17) is 11.6 Å². The Kier molecular flexibility index (Phi) is 5.01. The molecule has 26 heavy (non-hydrogen) atoms. The Morgan fingerprint density at radius 3 is 2.62 bits per heavy atom. The summed E-state index contributed by atoms with van der Waals surface area (Å²) in [5.74, 6) is -0.308. The molecule has 0 N–H and O–H groups in total. The Morgan fingerprint density at radius 2 is 2.08 bits per heavy atom. The van der Waals surface area contributed by atoms with Crippen LogP contribution in [0.15, 0.2) is 12.3 Å². The molecule has 0 spiro atoms. The molecule has 1 aliphatic carbocycles. The largest absolute Gasteiger partial charge is 0.435 e. The van der Waals surface area contributed by atoms with E-state index in [9.17, 15) is 18.0 Å². The van der Waals surface area contributed by atoms with Gasteiger partial charge in [-0.1, -0.05) is 11.6 Å². The molecular weight excluding hydrogens is 371 g/mol. The molecule has 0 atom stereocenters. The highest BCUT2D eigenvalue weighted by molar-refractivity contribution is 6.31. The summed E-state index contributed by atoms with van der Waals surface area (Å²) < 4.78 is 41.6. The third-order valence-electron chi connectivity index (χ3n) is 4.31. The van der Waals surface area contributed by atoms with Gasteiger partial charge in [-0.3, -0.25) is 14.2 Å². The molecule has 0 bridgehead atoms. The fourth-order valence-electron chi connectivity index (χ4n) is 2.67. The summed E-state index contributed by atoms with van der Waals surface area (Å²) in [6, 6.07) is 1.05. The van der Waals surface area contributed by atoms with Gasteiger partial charge in [-0.2, -0.15) is 23.4 Å². The smallest absolute Gasteiger partial charge is 0.338 e. The van der Waals surface area contributed by atoms with Crippen LogP contribution in [0.4, 0.5) is 13.2 Å². The van der Waals surface area contributed by atoms with Crippen LogP contribution in [-0.4, -0.2) is 37.4 Å². The molecule has 6 nitrogen and oxygen atoms in total. The van der Waals surface area contributed by atoms with Crippen molar-refractivity contribution in [3.05, 3.63) is 34.4 Å². The minimum atomic E-state index is -4.52. The van der Waals surface area contributed by atoms with Gasteiger partial charge in [-0.05, 0) is 25.8 Å². The van der Waals surface area contributed by atoms with E-state index in [0.29, 0.717) is 23.0 Å². The number of carbonyl (C=O) groups is 1. The zero-order valence-corrected chi connectivity index (χ0v) is 15.2. The quantitative estimate of drug-likeness (QED) is 0.761. The zero-order chi connectivity index (χ0) is 19.1. The zero-order valence-electron chi connectivity index (χ0n) is 14.4. The van der Waals surface area contributed by atoms with Crippen molar-refractivity contribution < 1.29 is 18.0 Å². The Labute approximate surface area is 153 Å². The molecule has 1 saturated carbocycles. The van der Waals surface area contributed by atoms with Gasteiger partial charge in [0.1, 0.15) is 12.2 Å². The molecule has 1 fully saturated rings. The van der Waals surface area contributed by atoms with E-state index >= 15 is 0 Å². The molecule has 2 aromatic heterocycles. The van der Waals surface area contributed by atoms with Crippen LogP contribution < -0.4 is 0 Å². The number of alkyl halides is 3. The number of carbonyl (C=O) groups excluding carboxylic acids is 1. The van der Waals surface area contributed by atoms with Gasteiger partial charge in [-0.25, -0.2) is 0 Å². The maximum absolute atomic E-state index is 12.9. The van der Waals surface area contributed by atoms with Crippen molar-refractivity contribution in [3.8, 4) is 0 Å². The molecule has 142 valence electrons. The molecule has 2 heterocycles. The molecule has 0 saturated heterocycles. The second-order valence-corrected chi connectivity index (χ2v) is 6.82. The highest BCUT2D eigenvalue weighted by atomic mass is 35.5. The minimum Gasteiger partial charge on any atom is -0.338 e. The average Bonchev–Trinajstić information content (AvgIpc) is 3.22. The average molecular weight is 390 g/mol. The number of hydrogen-bond donors (Lipinski definition) is 0. The number of nitrogens with zero attached hydrogens (tertiary/aromatic N) is 5. The van der Waals surface area contributed by atoms with Gasteiger partial charge in [0.25, 0.3) is 0 Å². The number of halogens is 4. The minimum absolute atomic E-state index is 0.0476. The number of rotatable bonds is 6. The molecule has 0 aromatic carbocycles. The summed E-state index contributed by atoms with van der Waals surface area (Å²) in [6.07, 6.45) is -1.22. The van der Waals surface area contributed by atoms with Crippen molar-refractivity contribution in [3.63, 3.8) is 0 Å². The van der Waals surface area contributed by atoms with Crippen LogP contribution in [0.2, 0.25) is 5.02 Å². The molecule has 1 aliphatic rings. The van der Waals surface area contributed by atoms with E-state index in [1.807, 2.05) is 6.92 Å². The Hall–Kier alpha value is -2.03. The van der Waals surface area contributed by atoms with Gasteiger partial charge >= 0.3 is 6.18 Å². The van der Waals surface area contributed by atoms with Gasteiger partial charge < -0.3 is 4.90 Å². The topological polar surface area (TPSA) is 56.0 Å². The first-order chi connectivity index (χ1) is 12.2. The Morgan fingerprint density at radius 1 is 1.38 bits per heavy atom. The van der Waals surface area contributed by atoms with Crippen LogP contribution in [0.25, 0.3) is 0 Å². The van der Waals surface area contributed by atoms with Crippen molar-refractivity contribution in [1.82, 2.24) is 24.5 Å². The van der Waals surface area contributed by atoms with Crippen LogP contribution in [0.3, 0.4) is 0 Å². The first kappa shape index (κ1) is 18.8. The number of likely N-dealkylation sites (N-methyl/N-ethyl adjacent to an activating group) is 1. The van der Waals surface area contributed by atoms with E-state index in [1.54, 1.807) is 17.9 Å². The monoisotopic (exact) mass is 389 g/mol. The molecule has 3 rings (SSSR count). The van der Waals surface area contributed by atoms with Crippen molar-refractivity contribution in [1.29, 1.82) is 0 Å². The summed E-state index contributed by atoms with van der Waals surface area (Å²) in [7, 11) is 1.56. The number of aromatic nitrogens is 4. The van der Waals surface area contributed by atoms with E-state index in [0.717, 1.165) is 18.9 Å². The lowest BCUT2D eigenvalue weighted by Crippen LogP contribution is -2.31. The molecule has 10 heteroatoms. The van der Waals surface area contributed by atoms with Gasteiger partial charge in [0.15, 0.2) is 5.69 Å². The van der Waals surface area contributed by atoms with Crippen molar-refractivity contribution in [2.75, 3.05) is 7.05 Å². The van der Waals surface area contributed by atoms with Crippen molar-refractivity contribution in [2.24, 2.45) is 0 Å². The number of aryl methyl sites for hydroxylation is 1.